The molecule has 0 fully saturated rings. The van der Waals surface area contributed by atoms with E-state index in [-0.39, 0.29) is 0 Å². The van der Waals surface area contributed by atoms with Crippen LogP contribution in [-0.2, 0) is 0 Å². The Balaban J connectivity index is 2.41. The monoisotopic (exact) mass is 172 g/mol. The van der Waals surface area contributed by atoms with Gasteiger partial charge in [0.25, 0.3) is 0 Å². The zero-order chi connectivity index (χ0) is 9.10. The summed E-state index contributed by atoms with van der Waals surface area (Å²) in [6.45, 7) is 3.56. The van der Waals surface area contributed by atoms with Crippen LogP contribution in [0.1, 0.15) is 5.82 Å². The average molecular weight is 172 g/mol. The SMILES string of the molecule is C=Cc1nnn(-c2ccccc2)n1. The van der Waals surface area contributed by atoms with Crippen molar-refractivity contribution in [2.45, 2.75) is 0 Å². The summed E-state index contributed by atoms with van der Waals surface area (Å²) in [5.74, 6) is 0.531. The fraction of sp³-hybridized carbons (Fsp3) is 0. The fourth-order valence-corrected chi connectivity index (χ4v) is 0.978. The third-order valence-corrected chi connectivity index (χ3v) is 1.60. The number of hydrogen-bond acceptors (Lipinski definition) is 3. The Morgan fingerprint density at radius 1 is 1.23 bits per heavy atom. The van der Waals surface area contributed by atoms with Gasteiger partial charge in [-0.05, 0) is 23.4 Å². The summed E-state index contributed by atoms with van der Waals surface area (Å²) < 4.78 is 0. The quantitative estimate of drug-likeness (QED) is 0.685. The Labute approximate surface area is 75.5 Å². The van der Waals surface area contributed by atoms with Gasteiger partial charge in [-0.25, -0.2) is 0 Å². The van der Waals surface area contributed by atoms with Gasteiger partial charge in [0.15, 0.2) is 5.82 Å². The van der Waals surface area contributed by atoms with Crippen molar-refractivity contribution >= 4 is 6.08 Å². The highest BCUT2D eigenvalue weighted by Gasteiger charge is 1.99. The van der Waals surface area contributed by atoms with Gasteiger partial charge in [0.05, 0.1) is 5.69 Å². The molecule has 1 aromatic heterocycles. The second-order valence-corrected chi connectivity index (χ2v) is 2.48. The van der Waals surface area contributed by atoms with Crippen LogP contribution < -0.4 is 0 Å². The molecule has 2 rings (SSSR count). The largest absolute Gasteiger partial charge is 0.197 e. The van der Waals surface area contributed by atoms with Crippen LogP contribution in [0.2, 0.25) is 0 Å². The Morgan fingerprint density at radius 2 is 2.00 bits per heavy atom. The molecule has 64 valence electrons. The Bertz CT molecular complexity index is 405. The maximum Gasteiger partial charge on any atom is 0.197 e. The maximum atomic E-state index is 4.08. The van der Waals surface area contributed by atoms with E-state index in [1.807, 2.05) is 30.3 Å². The van der Waals surface area contributed by atoms with E-state index in [1.54, 1.807) is 6.08 Å². The van der Waals surface area contributed by atoms with Crippen molar-refractivity contribution in [1.29, 1.82) is 0 Å². The van der Waals surface area contributed by atoms with Gasteiger partial charge in [0, 0.05) is 0 Å². The van der Waals surface area contributed by atoms with Gasteiger partial charge >= 0.3 is 0 Å². The summed E-state index contributed by atoms with van der Waals surface area (Å²) in [6.07, 6.45) is 1.56. The molecule has 4 heteroatoms. The average Bonchev–Trinajstić information content (AvgIpc) is 2.67. The summed E-state index contributed by atoms with van der Waals surface area (Å²) in [6, 6.07) is 9.61. The number of hydrogen-bond donors (Lipinski definition) is 0. The summed E-state index contributed by atoms with van der Waals surface area (Å²) in [5.41, 5.74) is 0.892. The molecule has 0 aliphatic carbocycles. The second-order valence-electron chi connectivity index (χ2n) is 2.48. The molecular formula is C9H8N4. The van der Waals surface area contributed by atoms with E-state index in [0.29, 0.717) is 5.82 Å². The first kappa shape index (κ1) is 7.67. The lowest BCUT2D eigenvalue weighted by Gasteiger charge is -1.94. The minimum Gasteiger partial charge on any atom is -0.131 e. The summed E-state index contributed by atoms with van der Waals surface area (Å²) in [5, 5.41) is 11.7. The van der Waals surface area contributed by atoms with Gasteiger partial charge < -0.3 is 0 Å². The first-order chi connectivity index (χ1) is 6.40. The van der Waals surface area contributed by atoms with Crippen LogP contribution in [0.25, 0.3) is 11.8 Å². The summed E-state index contributed by atoms with van der Waals surface area (Å²) in [7, 11) is 0. The van der Waals surface area contributed by atoms with Crippen LogP contribution in [-0.4, -0.2) is 20.2 Å². The molecule has 0 saturated carbocycles. The topological polar surface area (TPSA) is 43.6 Å². The van der Waals surface area contributed by atoms with Crippen molar-refractivity contribution in [3.05, 3.63) is 42.7 Å². The molecule has 0 aliphatic rings. The Kier molecular flexibility index (Phi) is 1.88. The van der Waals surface area contributed by atoms with Crippen molar-refractivity contribution in [3.63, 3.8) is 0 Å². The molecule has 0 aliphatic heterocycles. The molecule has 0 N–H and O–H groups in total. The molecule has 1 heterocycles. The predicted molar refractivity (Wildman–Crippen MR) is 49.2 cm³/mol. The van der Waals surface area contributed by atoms with E-state index < -0.39 is 0 Å². The lowest BCUT2D eigenvalue weighted by atomic mass is 10.3. The van der Waals surface area contributed by atoms with Gasteiger partial charge in [-0.15, -0.1) is 15.0 Å². The van der Waals surface area contributed by atoms with E-state index in [9.17, 15) is 0 Å². The molecule has 0 bridgehead atoms. The third kappa shape index (κ3) is 1.46. The van der Waals surface area contributed by atoms with Crippen LogP contribution in [0.15, 0.2) is 36.9 Å². The van der Waals surface area contributed by atoms with E-state index in [1.165, 1.54) is 4.80 Å². The smallest absolute Gasteiger partial charge is 0.131 e. The molecule has 0 atom stereocenters. The van der Waals surface area contributed by atoms with Crippen LogP contribution in [0, 0.1) is 0 Å². The third-order valence-electron chi connectivity index (χ3n) is 1.60. The van der Waals surface area contributed by atoms with E-state index >= 15 is 0 Å². The molecule has 0 amide bonds. The zero-order valence-electron chi connectivity index (χ0n) is 6.96. The maximum absolute atomic E-state index is 4.08. The van der Waals surface area contributed by atoms with E-state index in [2.05, 4.69) is 22.0 Å². The highest BCUT2D eigenvalue weighted by atomic mass is 15.6. The standard InChI is InChI=1S/C9H8N4/c1-2-9-10-12-13(11-9)8-6-4-3-5-7-8/h2-7H,1H2. The lowest BCUT2D eigenvalue weighted by Crippen LogP contribution is -1.97. The van der Waals surface area contributed by atoms with Gasteiger partial charge in [-0.3, -0.25) is 0 Å². The van der Waals surface area contributed by atoms with Gasteiger partial charge in [0.2, 0.25) is 0 Å². The number of tetrazole rings is 1. The van der Waals surface area contributed by atoms with E-state index in [0.717, 1.165) is 5.69 Å². The molecule has 2 aromatic rings. The minimum absolute atomic E-state index is 0.531. The zero-order valence-corrected chi connectivity index (χ0v) is 6.96. The molecule has 1 aromatic carbocycles. The van der Waals surface area contributed by atoms with Crippen LogP contribution in [0.4, 0.5) is 0 Å². The van der Waals surface area contributed by atoms with Crippen molar-refractivity contribution < 1.29 is 0 Å². The lowest BCUT2D eigenvalue weighted by molar-refractivity contribution is 0.719. The van der Waals surface area contributed by atoms with Crippen LogP contribution in [0.5, 0.6) is 0 Å². The number of rotatable bonds is 2. The Morgan fingerprint density at radius 3 is 2.62 bits per heavy atom. The molecule has 4 nitrogen and oxygen atoms in total. The highest BCUT2D eigenvalue weighted by molar-refractivity contribution is 5.35. The normalized spacial score (nSPS) is 9.85. The molecule has 0 unspecified atom stereocenters. The van der Waals surface area contributed by atoms with Crippen LogP contribution in [0.3, 0.4) is 0 Å². The molecule has 0 radical (unpaired) electrons. The van der Waals surface area contributed by atoms with Crippen molar-refractivity contribution in [2.24, 2.45) is 0 Å². The predicted octanol–water partition coefficient (Wildman–Crippen LogP) is 1.31. The van der Waals surface area contributed by atoms with Crippen LogP contribution >= 0.6 is 0 Å². The molecular weight excluding hydrogens is 164 g/mol. The van der Waals surface area contributed by atoms with Crippen molar-refractivity contribution in [1.82, 2.24) is 20.2 Å². The highest BCUT2D eigenvalue weighted by Crippen LogP contribution is 2.02. The minimum atomic E-state index is 0.531. The summed E-state index contributed by atoms with van der Waals surface area (Å²) >= 11 is 0. The first-order valence-electron chi connectivity index (χ1n) is 3.88. The number of aromatic nitrogens is 4. The number of nitrogens with zero attached hydrogens (tertiary/aromatic N) is 4. The van der Waals surface area contributed by atoms with Gasteiger partial charge in [-0.1, -0.05) is 24.8 Å². The molecule has 0 spiro atoms. The fourth-order valence-electron chi connectivity index (χ4n) is 0.978. The van der Waals surface area contributed by atoms with E-state index in [4.69, 9.17) is 0 Å². The van der Waals surface area contributed by atoms with Gasteiger partial charge in [0.1, 0.15) is 0 Å². The molecule has 13 heavy (non-hydrogen) atoms. The number of para-hydroxylation sites is 1. The first-order valence-corrected chi connectivity index (χ1v) is 3.88. The molecule has 0 saturated heterocycles. The van der Waals surface area contributed by atoms with Crippen molar-refractivity contribution in [2.75, 3.05) is 0 Å². The summed E-state index contributed by atoms with van der Waals surface area (Å²) in [4.78, 5) is 1.47. The van der Waals surface area contributed by atoms with Crippen molar-refractivity contribution in [3.8, 4) is 5.69 Å². The number of benzene rings is 1. The second kappa shape index (κ2) is 3.18. The Hall–Kier alpha value is -1.97. The van der Waals surface area contributed by atoms with Gasteiger partial charge in [-0.2, -0.15) is 0 Å².